The predicted molar refractivity (Wildman–Crippen MR) is 111 cm³/mol. The summed E-state index contributed by atoms with van der Waals surface area (Å²) in [6.07, 6.45) is 4.49. The van der Waals surface area contributed by atoms with Gasteiger partial charge in [-0.15, -0.1) is 0 Å². The van der Waals surface area contributed by atoms with E-state index in [0.29, 0.717) is 6.04 Å². The van der Waals surface area contributed by atoms with Crippen LogP contribution in [-0.4, -0.2) is 23.7 Å². The monoisotopic (exact) mass is 366 g/mol. The van der Waals surface area contributed by atoms with E-state index in [0.717, 1.165) is 24.5 Å². The number of nitrogens with two attached hydrogens (primary N) is 1. The van der Waals surface area contributed by atoms with E-state index in [-0.39, 0.29) is 0 Å². The van der Waals surface area contributed by atoms with Crippen LogP contribution in [-0.2, 0) is 13.6 Å². The maximum absolute atomic E-state index is 5.76. The number of piperidine rings is 1. The zero-order chi connectivity index (χ0) is 17.9. The lowest BCUT2D eigenvalue weighted by atomic mass is 10.0. The van der Waals surface area contributed by atoms with Crippen LogP contribution in [0, 0.1) is 0 Å². The molecule has 2 aromatic carbocycles. The van der Waals surface area contributed by atoms with Gasteiger partial charge in [0.25, 0.3) is 0 Å². The summed E-state index contributed by atoms with van der Waals surface area (Å²) < 4.78 is 2.18. The minimum atomic E-state index is 0.562. The van der Waals surface area contributed by atoms with Crippen molar-refractivity contribution in [1.82, 2.24) is 9.88 Å². The van der Waals surface area contributed by atoms with E-state index in [1.54, 1.807) is 0 Å². The molecule has 26 heavy (non-hydrogen) atoms. The summed E-state index contributed by atoms with van der Waals surface area (Å²) in [5.41, 5.74) is 3.90. The van der Waals surface area contributed by atoms with Crippen molar-refractivity contribution >= 4 is 28.5 Å². The number of nitrogens with one attached hydrogen (secondary N) is 1. The van der Waals surface area contributed by atoms with Gasteiger partial charge in [0.2, 0.25) is 0 Å². The zero-order valence-corrected chi connectivity index (χ0v) is 16.0. The van der Waals surface area contributed by atoms with Crippen molar-refractivity contribution in [3.8, 4) is 0 Å². The minimum Gasteiger partial charge on any atom is -0.364 e. The fourth-order valence-electron chi connectivity index (χ4n) is 3.91. The van der Waals surface area contributed by atoms with E-state index in [1.165, 1.54) is 46.9 Å². The summed E-state index contributed by atoms with van der Waals surface area (Å²) in [5.74, 6) is 0. The first-order chi connectivity index (χ1) is 12.7. The average Bonchev–Trinajstić information content (AvgIpc) is 3.07. The van der Waals surface area contributed by atoms with Crippen LogP contribution in [0.3, 0.4) is 0 Å². The normalized spacial score (nSPS) is 15.5. The van der Waals surface area contributed by atoms with Crippen molar-refractivity contribution in [2.75, 3.05) is 18.0 Å². The molecule has 4 nitrogen and oxygen atoms in total. The topological polar surface area (TPSA) is 46.2 Å². The lowest BCUT2D eigenvalue weighted by Crippen LogP contribution is -2.43. The van der Waals surface area contributed by atoms with Gasteiger partial charge in [-0.2, -0.15) is 0 Å². The number of hydrogen-bond acceptors (Lipinski definition) is 4. The molecule has 1 aromatic heterocycles. The Balaban J connectivity index is 1.68. The average molecular weight is 367 g/mol. The van der Waals surface area contributed by atoms with Crippen LogP contribution in [0.15, 0.2) is 59.6 Å². The van der Waals surface area contributed by atoms with Gasteiger partial charge in [-0.25, -0.2) is 0 Å². The van der Waals surface area contributed by atoms with Crippen molar-refractivity contribution in [2.45, 2.75) is 30.3 Å². The van der Waals surface area contributed by atoms with Crippen molar-refractivity contribution in [1.29, 1.82) is 0 Å². The highest BCUT2D eigenvalue weighted by molar-refractivity contribution is 7.97. The zero-order valence-electron chi connectivity index (χ0n) is 15.2. The number of anilines is 1. The Morgan fingerprint density at radius 3 is 2.81 bits per heavy atom. The molecule has 3 N–H and O–H groups in total. The first-order valence-corrected chi connectivity index (χ1v) is 10.1. The smallest absolute Gasteiger partial charge is 0.0479 e. The maximum atomic E-state index is 5.76. The second-order valence-electron chi connectivity index (χ2n) is 7.04. The van der Waals surface area contributed by atoms with Crippen molar-refractivity contribution in [2.24, 2.45) is 12.2 Å². The highest BCUT2D eigenvalue weighted by atomic mass is 32.2. The second kappa shape index (κ2) is 7.74. The third-order valence-corrected chi connectivity index (χ3v) is 5.86. The third-order valence-electron chi connectivity index (χ3n) is 5.34. The molecular formula is C21H26N4S. The molecule has 1 fully saturated rings. The summed E-state index contributed by atoms with van der Waals surface area (Å²) in [7, 11) is 2.10. The van der Waals surface area contributed by atoms with E-state index in [4.69, 9.17) is 5.14 Å². The largest absolute Gasteiger partial charge is 0.364 e. The highest BCUT2D eigenvalue weighted by Crippen LogP contribution is 2.28. The Hall–Kier alpha value is -1.95. The van der Waals surface area contributed by atoms with Gasteiger partial charge in [0.1, 0.15) is 0 Å². The van der Waals surface area contributed by atoms with Crippen LogP contribution in [0.1, 0.15) is 18.4 Å². The van der Waals surface area contributed by atoms with Crippen molar-refractivity contribution in [3.63, 3.8) is 0 Å². The SMILES string of the molecule is Cn1ccc2cc(N(Cc3cccc(SN)c3)C3CCNCC3)ccc21. The molecule has 1 aliphatic heterocycles. The highest BCUT2D eigenvalue weighted by Gasteiger charge is 2.22. The van der Waals surface area contributed by atoms with E-state index >= 15 is 0 Å². The number of hydrogen-bond donors (Lipinski definition) is 2. The molecule has 0 amide bonds. The molecular weight excluding hydrogens is 340 g/mol. The number of nitrogens with zero attached hydrogens (tertiary/aromatic N) is 2. The Morgan fingerprint density at radius 1 is 1.15 bits per heavy atom. The second-order valence-corrected chi connectivity index (χ2v) is 7.75. The summed E-state index contributed by atoms with van der Waals surface area (Å²) in [6.45, 7) is 3.10. The summed E-state index contributed by atoms with van der Waals surface area (Å²) >= 11 is 1.31. The Kier molecular flexibility index (Phi) is 5.20. The predicted octanol–water partition coefficient (Wildman–Crippen LogP) is 3.90. The van der Waals surface area contributed by atoms with Crippen molar-refractivity contribution in [3.05, 3.63) is 60.3 Å². The molecule has 4 rings (SSSR count). The van der Waals surface area contributed by atoms with Gasteiger partial charge in [0.15, 0.2) is 0 Å². The van der Waals surface area contributed by atoms with Gasteiger partial charge >= 0.3 is 0 Å². The summed E-state index contributed by atoms with van der Waals surface area (Å²) in [6, 6.07) is 18.2. The van der Waals surface area contributed by atoms with Gasteiger partial charge in [0.05, 0.1) is 0 Å². The quantitative estimate of drug-likeness (QED) is 0.672. The third kappa shape index (κ3) is 3.61. The van der Waals surface area contributed by atoms with Gasteiger partial charge in [-0.05, 0) is 79.8 Å². The minimum absolute atomic E-state index is 0.562. The number of aromatic nitrogens is 1. The maximum Gasteiger partial charge on any atom is 0.0479 e. The first kappa shape index (κ1) is 17.5. The van der Waals surface area contributed by atoms with E-state index < -0.39 is 0 Å². The van der Waals surface area contributed by atoms with E-state index in [1.807, 2.05) is 0 Å². The van der Waals surface area contributed by atoms with E-state index in [2.05, 4.69) is 76.6 Å². The van der Waals surface area contributed by atoms with Crippen LogP contribution in [0.5, 0.6) is 0 Å². The fraction of sp³-hybridized carbons (Fsp3) is 0.333. The van der Waals surface area contributed by atoms with Gasteiger partial charge < -0.3 is 14.8 Å². The molecule has 0 radical (unpaired) electrons. The van der Waals surface area contributed by atoms with Gasteiger partial charge in [0, 0.05) is 47.3 Å². The molecule has 136 valence electrons. The molecule has 2 heterocycles. The molecule has 1 saturated heterocycles. The van der Waals surface area contributed by atoms with Crippen molar-refractivity contribution < 1.29 is 0 Å². The van der Waals surface area contributed by atoms with Crippen LogP contribution < -0.4 is 15.4 Å². The molecule has 3 aromatic rings. The Morgan fingerprint density at radius 2 is 2.00 bits per heavy atom. The number of aryl methyl sites for hydroxylation is 1. The molecule has 0 unspecified atom stereocenters. The summed E-state index contributed by atoms with van der Waals surface area (Å²) in [4.78, 5) is 3.69. The molecule has 0 aliphatic carbocycles. The molecule has 0 saturated carbocycles. The molecule has 5 heteroatoms. The molecule has 0 bridgehead atoms. The number of fused-ring (bicyclic) bond motifs is 1. The molecule has 1 aliphatic rings. The van der Waals surface area contributed by atoms with Gasteiger partial charge in [-0.1, -0.05) is 12.1 Å². The van der Waals surface area contributed by atoms with Crippen LogP contribution in [0.2, 0.25) is 0 Å². The Labute approximate surface area is 159 Å². The number of benzene rings is 2. The fourth-order valence-corrected chi connectivity index (χ4v) is 4.29. The van der Waals surface area contributed by atoms with Gasteiger partial charge in [-0.3, -0.25) is 5.14 Å². The Bertz CT molecular complexity index is 883. The lowest BCUT2D eigenvalue weighted by Gasteiger charge is -2.36. The lowest BCUT2D eigenvalue weighted by molar-refractivity contribution is 0.428. The van der Waals surface area contributed by atoms with Crippen LogP contribution in [0.4, 0.5) is 5.69 Å². The van der Waals surface area contributed by atoms with Crippen LogP contribution in [0.25, 0.3) is 10.9 Å². The van der Waals surface area contributed by atoms with Crippen LogP contribution >= 0.6 is 11.9 Å². The first-order valence-electron chi connectivity index (χ1n) is 9.23. The summed E-state index contributed by atoms with van der Waals surface area (Å²) in [5, 5.41) is 10.5. The molecule has 0 atom stereocenters. The number of rotatable bonds is 5. The molecule has 0 spiro atoms. The standard InChI is InChI=1S/C21H26N4S/c1-24-12-9-17-14-19(5-6-21(17)24)25(18-7-10-23-11-8-18)15-16-3-2-4-20(13-16)26-22/h2-6,9,12-14,18,23H,7-8,10-11,15,22H2,1H3. The van der Waals surface area contributed by atoms with E-state index in [9.17, 15) is 0 Å².